The molecule has 3 rings (SSSR count). The molecule has 6 nitrogen and oxygen atoms in total. The zero-order chi connectivity index (χ0) is 17.1. The van der Waals surface area contributed by atoms with Gasteiger partial charge in [0, 0.05) is 10.9 Å². The van der Waals surface area contributed by atoms with Gasteiger partial charge in [0.15, 0.2) is 11.5 Å². The monoisotopic (exact) mass is 341 g/mol. The number of hydrogen-bond donors (Lipinski definition) is 3. The number of aromatic hydroxyl groups is 3. The molecule has 0 saturated carbocycles. The first-order valence-corrected chi connectivity index (χ1v) is 7.99. The predicted octanol–water partition coefficient (Wildman–Crippen LogP) is 3.09. The number of aromatic nitrogens is 1. The van der Waals surface area contributed by atoms with E-state index in [4.69, 9.17) is 0 Å². The Bertz CT molecular complexity index is 959. The Morgan fingerprint density at radius 3 is 2.50 bits per heavy atom. The Balaban J connectivity index is 2.01. The molecule has 0 spiro atoms. The summed E-state index contributed by atoms with van der Waals surface area (Å²) in [4.78, 5) is 5.22. The van der Waals surface area contributed by atoms with E-state index < -0.39 is 11.5 Å². The summed E-state index contributed by atoms with van der Waals surface area (Å²) in [6, 6.07) is 12.3. The molecule has 2 aromatic carbocycles. The van der Waals surface area contributed by atoms with Gasteiger partial charge in [-0.25, -0.2) is 9.67 Å². The molecule has 1 heterocycles. The van der Waals surface area contributed by atoms with Crippen molar-refractivity contribution in [2.75, 3.05) is 0 Å². The van der Waals surface area contributed by atoms with Gasteiger partial charge in [-0.2, -0.15) is 5.10 Å². The normalized spacial score (nSPS) is 12.1. The summed E-state index contributed by atoms with van der Waals surface area (Å²) in [5, 5.41) is 35.0. The molecule has 3 N–H and O–H groups in total. The van der Waals surface area contributed by atoms with Gasteiger partial charge in [-0.1, -0.05) is 18.2 Å². The molecular formula is C17H15N3O3S. The summed E-state index contributed by atoms with van der Waals surface area (Å²) in [5.41, 5.74) is 1.98. The zero-order valence-electron chi connectivity index (χ0n) is 12.8. The molecule has 0 amide bonds. The van der Waals surface area contributed by atoms with Crippen LogP contribution in [0.4, 0.5) is 5.69 Å². The van der Waals surface area contributed by atoms with Gasteiger partial charge >= 0.3 is 0 Å². The third-order valence-electron chi connectivity index (χ3n) is 3.30. The van der Waals surface area contributed by atoms with Crippen LogP contribution in [0.3, 0.4) is 0 Å². The fraction of sp³-hybridized carbons (Fsp3) is 0.0588. The first-order valence-electron chi connectivity index (χ1n) is 7.11. The SMILES string of the molecule is Cc1csc(=Nc2ccccc2)n1N=Cc1ccc(O)c(O)c1O. The summed E-state index contributed by atoms with van der Waals surface area (Å²) in [6.07, 6.45) is 1.40. The van der Waals surface area contributed by atoms with Gasteiger partial charge in [0.25, 0.3) is 0 Å². The second-order valence-electron chi connectivity index (χ2n) is 5.03. The first-order chi connectivity index (χ1) is 11.6. The highest BCUT2D eigenvalue weighted by molar-refractivity contribution is 7.07. The van der Waals surface area contributed by atoms with Crippen molar-refractivity contribution in [3.63, 3.8) is 0 Å². The number of rotatable bonds is 3. The van der Waals surface area contributed by atoms with E-state index in [1.807, 2.05) is 42.6 Å². The molecule has 24 heavy (non-hydrogen) atoms. The fourth-order valence-electron chi connectivity index (χ4n) is 2.02. The van der Waals surface area contributed by atoms with Crippen molar-refractivity contribution in [1.29, 1.82) is 0 Å². The maximum atomic E-state index is 9.85. The van der Waals surface area contributed by atoms with Crippen molar-refractivity contribution >= 4 is 23.2 Å². The number of aryl methyl sites for hydroxylation is 1. The average molecular weight is 341 g/mol. The van der Waals surface area contributed by atoms with Crippen LogP contribution in [0.25, 0.3) is 0 Å². The van der Waals surface area contributed by atoms with Gasteiger partial charge in [-0.3, -0.25) is 0 Å². The van der Waals surface area contributed by atoms with Crippen molar-refractivity contribution < 1.29 is 15.3 Å². The number of nitrogens with zero attached hydrogens (tertiary/aromatic N) is 3. The summed E-state index contributed by atoms with van der Waals surface area (Å²) < 4.78 is 1.64. The predicted molar refractivity (Wildman–Crippen MR) is 93.1 cm³/mol. The Kier molecular flexibility index (Phi) is 4.35. The lowest BCUT2D eigenvalue weighted by Gasteiger charge is -2.03. The highest BCUT2D eigenvalue weighted by atomic mass is 32.1. The average Bonchev–Trinajstić information content (AvgIpc) is 2.93. The van der Waals surface area contributed by atoms with Gasteiger partial charge in [-0.15, -0.1) is 11.3 Å². The van der Waals surface area contributed by atoms with Gasteiger partial charge in [0.2, 0.25) is 10.6 Å². The van der Waals surface area contributed by atoms with E-state index in [0.717, 1.165) is 11.4 Å². The van der Waals surface area contributed by atoms with E-state index >= 15 is 0 Å². The molecule has 0 aliphatic heterocycles. The molecule has 0 aliphatic carbocycles. The molecule has 0 aliphatic rings. The molecule has 0 bridgehead atoms. The van der Waals surface area contributed by atoms with Gasteiger partial charge < -0.3 is 15.3 Å². The van der Waals surface area contributed by atoms with Gasteiger partial charge in [-0.05, 0) is 31.2 Å². The Labute approximate surface area is 141 Å². The second kappa shape index (κ2) is 6.59. The minimum absolute atomic E-state index is 0.286. The van der Waals surface area contributed by atoms with Crippen LogP contribution in [-0.4, -0.2) is 26.2 Å². The lowest BCUT2D eigenvalue weighted by Crippen LogP contribution is -2.11. The third kappa shape index (κ3) is 3.16. The number of phenolic OH excluding ortho intramolecular Hbond substituents is 3. The summed E-state index contributed by atoms with van der Waals surface area (Å²) in [7, 11) is 0. The maximum Gasteiger partial charge on any atom is 0.211 e. The van der Waals surface area contributed by atoms with E-state index in [1.165, 1.54) is 29.7 Å². The molecule has 3 aromatic rings. The van der Waals surface area contributed by atoms with E-state index in [-0.39, 0.29) is 11.3 Å². The number of phenols is 3. The number of thiazole rings is 1. The van der Waals surface area contributed by atoms with Crippen LogP contribution >= 0.6 is 11.3 Å². The van der Waals surface area contributed by atoms with Crippen molar-refractivity contribution in [2.45, 2.75) is 6.92 Å². The van der Waals surface area contributed by atoms with Crippen LogP contribution in [0.2, 0.25) is 0 Å². The van der Waals surface area contributed by atoms with Crippen molar-refractivity contribution in [3.8, 4) is 17.2 Å². The van der Waals surface area contributed by atoms with Gasteiger partial charge in [0.05, 0.1) is 17.6 Å². The van der Waals surface area contributed by atoms with Crippen LogP contribution in [-0.2, 0) is 0 Å². The topological polar surface area (TPSA) is 90.3 Å². The Hall–Kier alpha value is -3.06. The van der Waals surface area contributed by atoms with E-state index in [9.17, 15) is 15.3 Å². The quantitative estimate of drug-likeness (QED) is 0.505. The van der Waals surface area contributed by atoms with Crippen molar-refractivity contribution in [2.24, 2.45) is 10.1 Å². The molecule has 122 valence electrons. The molecular weight excluding hydrogens is 326 g/mol. The van der Waals surface area contributed by atoms with Crippen LogP contribution in [0.5, 0.6) is 17.2 Å². The standard InChI is InChI=1S/C17H15N3O3S/c1-11-10-24-17(19-13-5-3-2-4-6-13)20(11)18-9-12-7-8-14(21)16(23)15(12)22/h2-10,21-23H,1H3. The largest absolute Gasteiger partial charge is 0.504 e. The second-order valence-corrected chi connectivity index (χ2v) is 5.87. The molecule has 0 atom stereocenters. The highest BCUT2D eigenvalue weighted by Gasteiger charge is 2.09. The minimum atomic E-state index is -0.569. The third-order valence-corrected chi connectivity index (χ3v) is 4.24. The minimum Gasteiger partial charge on any atom is -0.504 e. The smallest absolute Gasteiger partial charge is 0.211 e. The lowest BCUT2D eigenvalue weighted by molar-refractivity contribution is 0.367. The maximum absolute atomic E-state index is 9.85. The highest BCUT2D eigenvalue weighted by Crippen LogP contribution is 2.36. The first kappa shape index (κ1) is 15.8. The molecule has 0 radical (unpaired) electrons. The molecule has 0 unspecified atom stereocenters. The molecule has 1 aromatic heterocycles. The Morgan fingerprint density at radius 1 is 1.00 bits per heavy atom. The number of benzene rings is 2. The van der Waals surface area contributed by atoms with Crippen LogP contribution in [0, 0.1) is 6.92 Å². The zero-order valence-corrected chi connectivity index (χ0v) is 13.6. The van der Waals surface area contributed by atoms with Crippen LogP contribution in [0.1, 0.15) is 11.3 Å². The van der Waals surface area contributed by atoms with E-state index in [2.05, 4.69) is 10.1 Å². The summed E-state index contributed by atoms with van der Waals surface area (Å²) in [5.74, 6) is -1.38. The van der Waals surface area contributed by atoms with Crippen molar-refractivity contribution in [1.82, 2.24) is 4.68 Å². The van der Waals surface area contributed by atoms with Crippen molar-refractivity contribution in [3.05, 3.63) is 63.9 Å². The molecule has 7 heteroatoms. The molecule has 0 fully saturated rings. The van der Waals surface area contributed by atoms with Gasteiger partial charge in [0.1, 0.15) is 0 Å². The van der Waals surface area contributed by atoms with E-state index in [0.29, 0.717) is 4.80 Å². The lowest BCUT2D eigenvalue weighted by atomic mass is 10.2. The Morgan fingerprint density at radius 2 is 1.75 bits per heavy atom. The fourth-order valence-corrected chi connectivity index (χ4v) is 2.85. The summed E-state index contributed by atoms with van der Waals surface area (Å²) >= 11 is 1.45. The molecule has 0 saturated heterocycles. The number of para-hydroxylation sites is 1. The van der Waals surface area contributed by atoms with Crippen LogP contribution in [0.15, 0.2) is 57.9 Å². The van der Waals surface area contributed by atoms with Crippen LogP contribution < -0.4 is 4.80 Å². The summed E-state index contributed by atoms with van der Waals surface area (Å²) in [6.45, 7) is 1.89. The number of hydrogen-bond acceptors (Lipinski definition) is 6. The van der Waals surface area contributed by atoms with E-state index in [1.54, 1.807) is 4.68 Å².